The largest absolute Gasteiger partial charge is 0.482 e. The summed E-state index contributed by atoms with van der Waals surface area (Å²) in [5, 5.41) is 4.63. The van der Waals surface area contributed by atoms with Gasteiger partial charge in [-0.3, -0.25) is 10.1 Å². The maximum Gasteiger partial charge on any atom is 0.326 e. The zero-order valence-electron chi connectivity index (χ0n) is 12.2. The Balaban J connectivity index is 1.86. The van der Waals surface area contributed by atoms with Crippen LogP contribution in [0.2, 0.25) is 5.02 Å². The molecule has 7 heteroatoms. The summed E-state index contributed by atoms with van der Waals surface area (Å²) in [4.78, 5) is 23.3. The number of hydrogen-bond acceptors (Lipinski definition) is 3. The van der Waals surface area contributed by atoms with Gasteiger partial charge in [0, 0.05) is 0 Å². The van der Waals surface area contributed by atoms with Crippen LogP contribution >= 0.6 is 11.6 Å². The highest BCUT2D eigenvalue weighted by atomic mass is 35.5. The van der Waals surface area contributed by atoms with Crippen molar-refractivity contribution in [2.75, 3.05) is 11.9 Å². The Labute approximate surface area is 137 Å². The van der Waals surface area contributed by atoms with Crippen molar-refractivity contribution < 1.29 is 18.7 Å². The van der Waals surface area contributed by atoms with Crippen molar-refractivity contribution in [3.63, 3.8) is 0 Å². The Morgan fingerprint density at radius 3 is 2.70 bits per heavy atom. The normalized spacial score (nSPS) is 10.0. The summed E-state index contributed by atoms with van der Waals surface area (Å²) in [5.41, 5.74) is 0.891. The molecule has 0 aliphatic carbocycles. The van der Waals surface area contributed by atoms with Crippen LogP contribution in [-0.4, -0.2) is 18.5 Å². The van der Waals surface area contributed by atoms with Gasteiger partial charge in [0.25, 0.3) is 5.91 Å². The third-order valence-electron chi connectivity index (χ3n) is 2.82. The predicted octanol–water partition coefficient (Wildman–Crippen LogP) is 3.51. The maximum absolute atomic E-state index is 13.4. The van der Waals surface area contributed by atoms with Crippen LogP contribution in [-0.2, 0) is 4.79 Å². The van der Waals surface area contributed by atoms with E-state index >= 15 is 0 Å². The van der Waals surface area contributed by atoms with Crippen molar-refractivity contribution in [1.29, 1.82) is 0 Å². The Kier molecular flexibility index (Phi) is 5.54. The number of halogens is 2. The Morgan fingerprint density at radius 2 is 1.96 bits per heavy atom. The van der Waals surface area contributed by atoms with E-state index in [1.807, 2.05) is 12.2 Å². The second-order valence-electron chi connectivity index (χ2n) is 4.70. The van der Waals surface area contributed by atoms with Gasteiger partial charge < -0.3 is 10.1 Å². The molecule has 0 atom stereocenters. The number of carbonyl (C=O) groups is 2. The first-order valence-electron chi connectivity index (χ1n) is 6.70. The molecule has 3 amide bonds. The van der Waals surface area contributed by atoms with Gasteiger partial charge >= 0.3 is 6.03 Å². The van der Waals surface area contributed by atoms with E-state index in [0.29, 0.717) is 10.8 Å². The van der Waals surface area contributed by atoms with Crippen molar-refractivity contribution in [3.05, 3.63) is 58.9 Å². The molecule has 120 valence electrons. The quantitative estimate of drug-likeness (QED) is 0.897. The van der Waals surface area contributed by atoms with E-state index in [9.17, 15) is 14.0 Å². The number of anilines is 1. The van der Waals surface area contributed by atoms with Crippen LogP contribution in [0.4, 0.5) is 14.9 Å². The number of benzene rings is 2. The van der Waals surface area contributed by atoms with Crippen molar-refractivity contribution in [2.45, 2.75) is 6.92 Å². The van der Waals surface area contributed by atoms with E-state index < -0.39 is 24.4 Å². The van der Waals surface area contributed by atoms with Crippen LogP contribution in [0.5, 0.6) is 5.75 Å². The molecule has 2 aromatic rings. The lowest BCUT2D eigenvalue weighted by Gasteiger charge is -2.10. The first-order valence-corrected chi connectivity index (χ1v) is 7.08. The molecule has 0 spiro atoms. The van der Waals surface area contributed by atoms with Gasteiger partial charge in [0.1, 0.15) is 11.6 Å². The highest BCUT2D eigenvalue weighted by Gasteiger charge is 2.11. The van der Waals surface area contributed by atoms with Gasteiger partial charge in [-0.25, -0.2) is 9.18 Å². The van der Waals surface area contributed by atoms with Crippen LogP contribution in [0.1, 0.15) is 5.56 Å². The number of ether oxygens (including phenoxy) is 1. The van der Waals surface area contributed by atoms with Crippen LogP contribution in [0.15, 0.2) is 42.5 Å². The molecule has 2 aromatic carbocycles. The molecule has 0 heterocycles. The molecule has 2 N–H and O–H groups in total. The Morgan fingerprint density at radius 1 is 1.22 bits per heavy atom. The van der Waals surface area contributed by atoms with Gasteiger partial charge in [-0.1, -0.05) is 29.8 Å². The van der Waals surface area contributed by atoms with Gasteiger partial charge in [0.15, 0.2) is 6.61 Å². The molecule has 2 rings (SSSR count). The van der Waals surface area contributed by atoms with Crippen LogP contribution in [0.3, 0.4) is 0 Å². The first-order chi connectivity index (χ1) is 11.0. The highest BCUT2D eigenvalue weighted by molar-refractivity contribution is 6.32. The zero-order chi connectivity index (χ0) is 16.8. The number of imide groups is 1. The van der Waals surface area contributed by atoms with Gasteiger partial charge in [-0.05, 0) is 36.8 Å². The lowest BCUT2D eigenvalue weighted by atomic mass is 10.2. The standard InChI is InChI=1S/C16H14ClFN2O3/c1-10-6-7-11(17)14(8-10)23-9-15(21)20-16(22)19-13-5-3-2-4-12(13)18/h2-8H,9H2,1H3,(H2,19,20,21,22). The number of para-hydroxylation sites is 1. The number of aryl methyl sites for hydroxylation is 1. The smallest absolute Gasteiger partial charge is 0.326 e. The Hall–Kier alpha value is -2.60. The summed E-state index contributed by atoms with van der Waals surface area (Å²) in [6.45, 7) is 1.46. The molecule has 0 aliphatic rings. The van der Waals surface area contributed by atoms with E-state index in [2.05, 4.69) is 5.32 Å². The summed E-state index contributed by atoms with van der Waals surface area (Å²) in [7, 11) is 0. The molecule has 0 saturated carbocycles. The Bertz CT molecular complexity index is 737. The average molecular weight is 337 g/mol. The fourth-order valence-corrected chi connectivity index (χ4v) is 1.92. The third-order valence-corrected chi connectivity index (χ3v) is 3.13. The zero-order valence-corrected chi connectivity index (χ0v) is 13.0. The summed E-state index contributed by atoms with van der Waals surface area (Å²) in [6, 6.07) is 9.90. The van der Waals surface area contributed by atoms with Crippen LogP contribution in [0.25, 0.3) is 0 Å². The monoisotopic (exact) mass is 336 g/mol. The SMILES string of the molecule is Cc1ccc(Cl)c(OCC(=O)NC(=O)Nc2ccccc2F)c1. The van der Waals surface area contributed by atoms with E-state index in [0.717, 1.165) is 5.56 Å². The number of carbonyl (C=O) groups excluding carboxylic acids is 2. The van der Waals surface area contributed by atoms with Gasteiger partial charge in [0.05, 0.1) is 10.7 Å². The summed E-state index contributed by atoms with van der Waals surface area (Å²) in [6.07, 6.45) is 0. The van der Waals surface area contributed by atoms with E-state index in [1.165, 1.54) is 18.2 Å². The molecule has 0 aliphatic heterocycles. The highest BCUT2D eigenvalue weighted by Crippen LogP contribution is 2.25. The number of hydrogen-bond donors (Lipinski definition) is 2. The second-order valence-corrected chi connectivity index (χ2v) is 5.11. The van der Waals surface area contributed by atoms with Crippen LogP contribution < -0.4 is 15.4 Å². The van der Waals surface area contributed by atoms with E-state index in [1.54, 1.807) is 24.3 Å². The molecule has 0 fully saturated rings. The molecule has 5 nitrogen and oxygen atoms in total. The molecule has 0 unspecified atom stereocenters. The van der Waals surface area contributed by atoms with Gasteiger partial charge in [-0.15, -0.1) is 0 Å². The number of rotatable bonds is 4. The molecular weight excluding hydrogens is 323 g/mol. The van der Waals surface area contributed by atoms with E-state index in [4.69, 9.17) is 16.3 Å². The molecule has 0 bridgehead atoms. The lowest BCUT2D eigenvalue weighted by molar-refractivity contribution is -0.121. The summed E-state index contributed by atoms with van der Waals surface area (Å²) >= 11 is 5.93. The summed E-state index contributed by atoms with van der Waals surface area (Å²) < 4.78 is 18.6. The molecule has 23 heavy (non-hydrogen) atoms. The molecule has 0 radical (unpaired) electrons. The minimum absolute atomic E-state index is 0.0274. The number of nitrogens with one attached hydrogen (secondary N) is 2. The van der Waals surface area contributed by atoms with Crippen molar-refractivity contribution in [3.8, 4) is 5.75 Å². The van der Waals surface area contributed by atoms with Gasteiger partial charge in [0.2, 0.25) is 0 Å². The molecular formula is C16H14ClFN2O3. The predicted molar refractivity (Wildman–Crippen MR) is 85.2 cm³/mol. The van der Waals surface area contributed by atoms with Gasteiger partial charge in [-0.2, -0.15) is 0 Å². The fourth-order valence-electron chi connectivity index (χ4n) is 1.74. The topological polar surface area (TPSA) is 67.4 Å². The third kappa shape index (κ3) is 4.96. The van der Waals surface area contributed by atoms with Crippen molar-refractivity contribution in [1.82, 2.24) is 5.32 Å². The minimum atomic E-state index is -0.848. The average Bonchev–Trinajstić information content (AvgIpc) is 2.50. The van der Waals surface area contributed by atoms with Crippen molar-refractivity contribution >= 4 is 29.2 Å². The lowest BCUT2D eigenvalue weighted by Crippen LogP contribution is -2.37. The second kappa shape index (κ2) is 7.60. The number of amides is 3. The molecule has 0 saturated heterocycles. The molecule has 0 aromatic heterocycles. The summed E-state index contributed by atoms with van der Waals surface area (Å²) in [5.74, 6) is -0.939. The van der Waals surface area contributed by atoms with Crippen molar-refractivity contribution in [2.24, 2.45) is 0 Å². The maximum atomic E-state index is 13.4. The minimum Gasteiger partial charge on any atom is -0.482 e. The van der Waals surface area contributed by atoms with Crippen LogP contribution in [0, 0.1) is 12.7 Å². The first kappa shape index (κ1) is 16.8. The number of urea groups is 1. The fraction of sp³-hybridized carbons (Fsp3) is 0.125. The van der Waals surface area contributed by atoms with E-state index in [-0.39, 0.29) is 5.69 Å².